The molecule has 1 aliphatic carbocycles. The molecule has 5 rings (SSSR count). The Kier molecular flexibility index (Phi) is 10.8. The summed E-state index contributed by atoms with van der Waals surface area (Å²) < 4.78 is 21.7. The second-order valence-corrected chi connectivity index (χ2v) is 12.8. The molecule has 0 radical (unpaired) electrons. The van der Waals surface area contributed by atoms with Crippen LogP contribution in [0.1, 0.15) is 58.4 Å². The van der Waals surface area contributed by atoms with E-state index in [1.807, 2.05) is 18.3 Å². The minimum Gasteiger partial charge on any atom is -0.453 e. The third kappa shape index (κ3) is 8.31. The number of carbonyl (C=O) groups excluding carboxylic acids is 1. The highest BCUT2D eigenvalue weighted by molar-refractivity contribution is 7.22. The summed E-state index contributed by atoms with van der Waals surface area (Å²) in [6.07, 6.45) is 8.55. The lowest BCUT2D eigenvalue weighted by molar-refractivity contribution is 0.164. The average Bonchev–Trinajstić information content (AvgIpc) is 3.71. The van der Waals surface area contributed by atoms with Gasteiger partial charge in [-0.2, -0.15) is 0 Å². The third-order valence-electron chi connectivity index (χ3n) is 8.10. The van der Waals surface area contributed by atoms with E-state index in [0.29, 0.717) is 23.3 Å². The molecule has 3 heterocycles. The molecule has 234 valence electrons. The van der Waals surface area contributed by atoms with Crippen LogP contribution in [0, 0.1) is 17.7 Å². The molecule has 10 heteroatoms. The molecule has 4 aromatic rings. The molecule has 2 unspecified atom stereocenters. The Hall–Kier alpha value is -3.60. The summed E-state index contributed by atoms with van der Waals surface area (Å²) >= 11 is 1.50. The lowest BCUT2D eigenvalue weighted by atomic mass is 9.88. The maximum Gasteiger partial charge on any atom is 0.319 e. The molecule has 0 aliphatic heterocycles. The fourth-order valence-electron chi connectivity index (χ4n) is 5.57. The van der Waals surface area contributed by atoms with Crippen LogP contribution in [0.3, 0.4) is 0 Å². The van der Waals surface area contributed by atoms with Gasteiger partial charge in [0.2, 0.25) is 0 Å². The first-order chi connectivity index (χ1) is 21.4. The van der Waals surface area contributed by atoms with E-state index >= 15 is 0 Å². The largest absolute Gasteiger partial charge is 0.453 e. The van der Waals surface area contributed by atoms with Gasteiger partial charge >= 0.3 is 6.03 Å². The topological polar surface area (TPSA) is 99.6 Å². The van der Waals surface area contributed by atoms with Gasteiger partial charge in [-0.3, -0.25) is 14.9 Å². The second-order valence-electron chi connectivity index (χ2n) is 11.7. The highest BCUT2D eigenvalue weighted by atomic mass is 32.1. The van der Waals surface area contributed by atoms with E-state index in [1.165, 1.54) is 23.5 Å². The number of aliphatic hydroxyl groups excluding tert-OH is 1. The smallest absolute Gasteiger partial charge is 0.319 e. The van der Waals surface area contributed by atoms with Crippen LogP contribution in [-0.4, -0.2) is 51.7 Å². The first-order valence-corrected chi connectivity index (χ1v) is 16.4. The number of halogens is 1. The number of hydrogen-bond donors (Lipinski definition) is 3. The third-order valence-corrected chi connectivity index (χ3v) is 9.26. The van der Waals surface area contributed by atoms with Crippen molar-refractivity contribution in [3.63, 3.8) is 0 Å². The Morgan fingerprint density at radius 3 is 2.68 bits per heavy atom. The molecule has 3 aromatic heterocycles. The van der Waals surface area contributed by atoms with Crippen molar-refractivity contribution in [2.24, 2.45) is 11.8 Å². The lowest BCUT2D eigenvalue weighted by Gasteiger charge is -2.29. The number of fused-ring (bicyclic) bond motifs is 1. The van der Waals surface area contributed by atoms with Gasteiger partial charge in [-0.25, -0.2) is 9.18 Å². The average molecular weight is 620 g/mol. The van der Waals surface area contributed by atoms with Crippen molar-refractivity contribution >= 4 is 33.3 Å². The van der Waals surface area contributed by atoms with Crippen LogP contribution in [0.5, 0.6) is 11.5 Å². The van der Waals surface area contributed by atoms with Crippen LogP contribution in [0.4, 0.5) is 14.9 Å². The second kappa shape index (κ2) is 14.9. The van der Waals surface area contributed by atoms with Gasteiger partial charge in [0.15, 0.2) is 11.6 Å². The summed E-state index contributed by atoms with van der Waals surface area (Å²) in [4.78, 5) is 24.7. The van der Waals surface area contributed by atoms with Crippen molar-refractivity contribution in [1.29, 1.82) is 0 Å². The number of nitrogens with one attached hydrogen (secondary N) is 2. The number of aliphatic hydroxyl groups is 1. The highest BCUT2D eigenvalue weighted by Crippen LogP contribution is 2.39. The van der Waals surface area contributed by atoms with Crippen LogP contribution in [0.15, 0.2) is 54.9 Å². The molecule has 1 saturated carbocycles. The maximum atomic E-state index is 14.9. The summed E-state index contributed by atoms with van der Waals surface area (Å²) in [5.41, 5.74) is 3.12. The van der Waals surface area contributed by atoms with Crippen LogP contribution < -0.4 is 15.4 Å². The number of urea groups is 1. The molecule has 2 amide bonds. The molecule has 0 spiro atoms. The lowest BCUT2D eigenvalue weighted by Crippen LogP contribution is -2.32. The minimum absolute atomic E-state index is 0.0654. The zero-order chi connectivity index (χ0) is 31.1. The molecular weight excluding hydrogens is 577 g/mol. The molecule has 3 N–H and O–H groups in total. The van der Waals surface area contributed by atoms with Gasteiger partial charge in [0.1, 0.15) is 5.75 Å². The van der Waals surface area contributed by atoms with Crippen molar-refractivity contribution in [1.82, 2.24) is 20.2 Å². The number of pyridine rings is 2. The van der Waals surface area contributed by atoms with Crippen molar-refractivity contribution in [2.75, 3.05) is 25.0 Å². The van der Waals surface area contributed by atoms with Gasteiger partial charge in [0, 0.05) is 56.0 Å². The van der Waals surface area contributed by atoms with Crippen molar-refractivity contribution in [2.45, 2.75) is 65.5 Å². The van der Waals surface area contributed by atoms with E-state index in [9.17, 15) is 14.3 Å². The van der Waals surface area contributed by atoms with E-state index in [-0.39, 0.29) is 24.4 Å². The molecule has 44 heavy (non-hydrogen) atoms. The molecular formula is C34H42FN5O3S. The van der Waals surface area contributed by atoms with Crippen molar-refractivity contribution in [3.05, 3.63) is 66.2 Å². The van der Waals surface area contributed by atoms with Gasteiger partial charge in [0.25, 0.3) is 0 Å². The predicted molar refractivity (Wildman–Crippen MR) is 175 cm³/mol. The van der Waals surface area contributed by atoms with E-state index in [0.717, 1.165) is 78.1 Å². The summed E-state index contributed by atoms with van der Waals surface area (Å²) in [5, 5.41) is 14.9. The van der Waals surface area contributed by atoms with Gasteiger partial charge < -0.3 is 20.5 Å². The SMILES string of the molecule is CCCN(Cc1ccc(-c2cc3nccc(Oc4ccc(NC(=O)NC5CC5)cc4F)c3s2)nc1)CC(C)C(CC)CCO. The van der Waals surface area contributed by atoms with Crippen LogP contribution in [-0.2, 0) is 6.54 Å². The Morgan fingerprint density at radius 1 is 1.16 bits per heavy atom. The number of benzene rings is 1. The molecule has 1 fully saturated rings. The number of ether oxygens (including phenoxy) is 1. The van der Waals surface area contributed by atoms with Crippen molar-refractivity contribution in [3.8, 4) is 22.1 Å². The zero-order valence-corrected chi connectivity index (χ0v) is 26.5. The maximum absolute atomic E-state index is 14.9. The molecule has 8 nitrogen and oxygen atoms in total. The fourth-order valence-corrected chi connectivity index (χ4v) is 6.61. The molecule has 1 aliphatic rings. The quantitative estimate of drug-likeness (QED) is 0.125. The number of anilines is 1. The normalized spacial score (nSPS) is 14.5. The Balaban J connectivity index is 1.26. The number of amides is 2. The summed E-state index contributed by atoms with van der Waals surface area (Å²) in [5.74, 6) is 1.03. The number of hydrogen-bond acceptors (Lipinski definition) is 7. The molecule has 2 atom stereocenters. The van der Waals surface area contributed by atoms with Gasteiger partial charge in [-0.1, -0.05) is 33.3 Å². The van der Waals surface area contributed by atoms with Crippen LogP contribution in [0.25, 0.3) is 20.8 Å². The Morgan fingerprint density at radius 2 is 2.00 bits per heavy atom. The molecule has 0 bridgehead atoms. The fraction of sp³-hybridized carbons (Fsp3) is 0.441. The van der Waals surface area contributed by atoms with E-state index in [1.54, 1.807) is 18.3 Å². The summed E-state index contributed by atoms with van der Waals surface area (Å²) in [6.45, 7) is 9.78. The van der Waals surface area contributed by atoms with Gasteiger partial charge in [-0.05, 0) is 73.9 Å². The van der Waals surface area contributed by atoms with E-state index in [2.05, 4.69) is 47.4 Å². The minimum atomic E-state index is -0.571. The summed E-state index contributed by atoms with van der Waals surface area (Å²) in [7, 11) is 0. The van der Waals surface area contributed by atoms with Gasteiger partial charge in [-0.15, -0.1) is 11.3 Å². The molecule has 1 aromatic carbocycles. The first-order valence-electron chi connectivity index (χ1n) is 15.6. The number of nitrogens with zero attached hydrogens (tertiary/aromatic N) is 3. The summed E-state index contributed by atoms with van der Waals surface area (Å²) in [6, 6.07) is 12.1. The standard InChI is InChI=1S/C34H42FN5O3S/c1-4-15-40(20-22(3)24(5-2)13-16-41)21-23-6-10-28(37-19-23)32-18-29-33(44-32)31(12-14-36-29)43-30-11-9-26(17-27(30)35)39-34(42)38-25-7-8-25/h6,9-12,14,17-19,22,24-25,41H,4-5,7-8,13,15-16,20-21H2,1-3H3,(H2,38,39,42). The highest BCUT2D eigenvalue weighted by Gasteiger charge is 2.23. The number of thiophene rings is 1. The predicted octanol–water partition coefficient (Wildman–Crippen LogP) is 7.83. The first kappa shape index (κ1) is 31.8. The monoisotopic (exact) mass is 619 g/mol. The number of carbonyl (C=O) groups is 1. The Labute approximate surface area is 262 Å². The Bertz CT molecular complexity index is 1540. The van der Waals surface area contributed by atoms with E-state index < -0.39 is 5.82 Å². The zero-order valence-electron chi connectivity index (χ0n) is 25.7. The van der Waals surface area contributed by atoms with Crippen molar-refractivity contribution < 1.29 is 19.0 Å². The molecule has 0 saturated heterocycles. The van der Waals surface area contributed by atoms with E-state index in [4.69, 9.17) is 9.72 Å². The number of rotatable bonds is 15. The van der Waals surface area contributed by atoms with Gasteiger partial charge in [0.05, 0.1) is 20.8 Å². The van der Waals surface area contributed by atoms with Crippen LogP contribution in [0.2, 0.25) is 0 Å². The van der Waals surface area contributed by atoms with Crippen LogP contribution >= 0.6 is 11.3 Å². The number of aromatic nitrogens is 2.